The standard InChI is InChI=1S/C28H37NO3/c1-4-32-28(30)24-13-9-17-29(21-24)18-10-19-31-20-16-27(25-14-7-5-11-22(25)2)26-15-8-6-12-23(26)3/h5-8,11-12,14-16,24H,4,9-10,13,17-21H2,1-3H3/t24-/m1/s1. The summed E-state index contributed by atoms with van der Waals surface area (Å²) >= 11 is 0. The fourth-order valence-corrected chi connectivity index (χ4v) is 4.44. The Bertz CT molecular complexity index is 858. The minimum absolute atomic E-state index is 0.0262. The van der Waals surface area contributed by atoms with Crippen LogP contribution in [0.5, 0.6) is 0 Å². The van der Waals surface area contributed by atoms with E-state index in [2.05, 4.69) is 73.4 Å². The molecule has 4 heteroatoms. The van der Waals surface area contributed by atoms with Crippen molar-refractivity contribution in [3.63, 3.8) is 0 Å². The zero-order valence-corrected chi connectivity index (χ0v) is 19.8. The summed E-state index contributed by atoms with van der Waals surface area (Å²) in [5.74, 6) is -0.0168. The molecular weight excluding hydrogens is 398 g/mol. The Balaban J connectivity index is 1.52. The first kappa shape index (κ1) is 24.2. The van der Waals surface area contributed by atoms with E-state index >= 15 is 0 Å². The van der Waals surface area contributed by atoms with Gasteiger partial charge in [0.15, 0.2) is 0 Å². The van der Waals surface area contributed by atoms with Crippen molar-refractivity contribution in [2.45, 2.75) is 40.0 Å². The smallest absolute Gasteiger partial charge is 0.310 e. The maximum absolute atomic E-state index is 12.0. The Hall–Kier alpha value is -2.43. The molecule has 0 aliphatic carbocycles. The highest BCUT2D eigenvalue weighted by molar-refractivity contribution is 5.82. The van der Waals surface area contributed by atoms with Gasteiger partial charge in [0.2, 0.25) is 0 Å². The van der Waals surface area contributed by atoms with Crippen molar-refractivity contribution in [3.05, 3.63) is 76.9 Å². The van der Waals surface area contributed by atoms with Crippen LogP contribution < -0.4 is 0 Å². The van der Waals surface area contributed by atoms with E-state index in [4.69, 9.17) is 9.47 Å². The highest BCUT2D eigenvalue weighted by atomic mass is 16.5. The fraction of sp³-hybridized carbons (Fsp3) is 0.464. The molecule has 1 fully saturated rings. The summed E-state index contributed by atoms with van der Waals surface area (Å²) in [6.45, 7) is 10.8. The van der Waals surface area contributed by atoms with Crippen molar-refractivity contribution in [1.29, 1.82) is 0 Å². The number of carbonyl (C=O) groups is 1. The lowest BCUT2D eigenvalue weighted by Crippen LogP contribution is -2.40. The number of aryl methyl sites for hydroxylation is 2. The molecule has 3 rings (SSSR count). The minimum atomic E-state index is -0.0430. The van der Waals surface area contributed by atoms with E-state index in [1.54, 1.807) is 0 Å². The van der Waals surface area contributed by atoms with Crippen LogP contribution in [-0.2, 0) is 14.3 Å². The second kappa shape index (κ2) is 12.6. The van der Waals surface area contributed by atoms with Crippen LogP contribution in [-0.4, -0.2) is 50.3 Å². The fourth-order valence-electron chi connectivity index (χ4n) is 4.44. The van der Waals surface area contributed by atoms with Gasteiger partial charge in [-0.15, -0.1) is 0 Å². The summed E-state index contributed by atoms with van der Waals surface area (Å²) in [5, 5.41) is 0. The van der Waals surface area contributed by atoms with Crippen molar-refractivity contribution in [3.8, 4) is 0 Å². The van der Waals surface area contributed by atoms with Gasteiger partial charge in [0.05, 0.1) is 19.1 Å². The molecule has 172 valence electrons. The van der Waals surface area contributed by atoms with Gasteiger partial charge >= 0.3 is 5.97 Å². The average molecular weight is 436 g/mol. The predicted octanol–water partition coefficient (Wildman–Crippen LogP) is 5.42. The van der Waals surface area contributed by atoms with Gasteiger partial charge in [-0.2, -0.15) is 0 Å². The van der Waals surface area contributed by atoms with Gasteiger partial charge in [0.25, 0.3) is 0 Å². The SMILES string of the molecule is CCOC(=O)[C@@H]1CCCN(CCCOCC=C(c2ccccc2C)c2ccccc2C)C1. The molecule has 2 aromatic carbocycles. The molecule has 4 nitrogen and oxygen atoms in total. The average Bonchev–Trinajstić information content (AvgIpc) is 2.80. The Labute approximate surface area is 193 Å². The molecule has 0 aromatic heterocycles. The molecule has 2 aromatic rings. The van der Waals surface area contributed by atoms with E-state index < -0.39 is 0 Å². The van der Waals surface area contributed by atoms with Crippen LogP contribution in [0.4, 0.5) is 0 Å². The van der Waals surface area contributed by atoms with Crippen LogP contribution in [0.3, 0.4) is 0 Å². The second-order valence-corrected chi connectivity index (χ2v) is 8.57. The number of esters is 1. The van der Waals surface area contributed by atoms with Crippen molar-refractivity contribution >= 4 is 11.5 Å². The molecule has 0 saturated carbocycles. The Morgan fingerprint density at radius 1 is 1.06 bits per heavy atom. The quantitative estimate of drug-likeness (QED) is 0.369. The van der Waals surface area contributed by atoms with E-state index in [0.29, 0.717) is 19.8 Å². The summed E-state index contributed by atoms with van der Waals surface area (Å²) in [6.07, 6.45) is 5.18. The normalized spacial score (nSPS) is 16.5. The third kappa shape index (κ3) is 6.78. The highest BCUT2D eigenvalue weighted by Crippen LogP contribution is 2.28. The van der Waals surface area contributed by atoms with Gasteiger partial charge in [0, 0.05) is 19.7 Å². The lowest BCUT2D eigenvalue weighted by molar-refractivity contribution is -0.149. The topological polar surface area (TPSA) is 38.8 Å². The summed E-state index contributed by atoms with van der Waals surface area (Å²) in [7, 11) is 0. The van der Waals surface area contributed by atoms with Crippen LogP contribution in [0.2, 0.25) is 0 Å². The number of piperidine rings is 1. The molecule has 1 saturated heterocycles. The molecular formula is C28H37NO3. The first-order chi connectivity index (χ1) is 15.6. The summed E-state index contributed by atoms with van der Waals surface area (Å²) in [4.78, 5) is 14.4. The molecule has 0 spiro atoms. The zero-order chi connectivity index (χ0) is 22.8. The first-order valence-electron chi connectivity index (χ1n) is 11.9. The summed E-state index contributed by atoms with van der Waals surface area (Å²) < 4.78 is 11.2. The van der Waals surface area contributed by atoms with Crippen LogP contribution >= 0.6 is 0 Å². The lowest BCUT2D eigenvalue weighted by Gasteiger charge is -2.31. The molecule has 0 amide bonds. The van der Waals surface area contributed by atoms with Crippen molar-refractivity contribution in [1.82, 2.24) is 4.90 Å². The maximum atomic E-state index is 12.0. The monoisotopic (exact) mass is 435 g/mol. The van der Waals surface area contributed by atoms with E-state index in [1.165, 1.54) is 27.8 Å². The van der Waals surface area contributed by atoms with Gasteiger partial charge in [-0.25, -0.2) is 0 Å². The van der Waals surface area contributed by atoms with Gasteiger partial charge in [-0.3, -0.25) is 4.79 Å². The number of hydrogen-bond donors (Lipinski definition) is 0. The van der Waals surface area contributed by atoms with Crippen LogP contribution in [0, 0.1) is 19.8 Å². The third-order valence-electron chi connectivity index (χ3n) is 6.16. The van der Waals surface area contributed by atoms with Gasteiger partial charge in [0.1, 0.15) is 0 Å². The molecule has 0 N–H and O–H groups in total. The van der Waals surface area contributed by atoms with Crippen molar-refractivity contribution < 1.29 is 14.3 Å². The number of likely N-dealkylation sites (tertiary alicyclic amines) is 1. The molecule has 1 aliphatic heterocycles. The second-order valence-electron chi connectivity index (χ2n) is 8.57. The van der Waals surface area contributed by atoms with Gasteiger partial charge in [-0.05, 0) is 74.4 Å². The summed E-state index contributed by atoms with van der Waals surface area (Å²) in [5.41, 5.74) is 6.27. The third-order valence-corrected chi connectivity index (χ3v) is 6.16. The van der Waals surface area contributed by atoms with Gasteiger partial charge < -0.3 is 14.4 Å². The molecule has 0 bridgehead atoms. The number of hydrogen-bond acceptors (Lipinski definition) is 4. The van der Waals surface area contributed by atoms with Crippen molar-refractivity contribution in [2.75, 3.05) is 39.5 Å². The molecule has 1 aliphatic rings. The van der Waals surface area contributed by atoms with Crippen LogP contribution in [0.25, 0.3) is 5.57 Å². The lowest BCUT2D eigenvalue weighted by atomic mass is 9.91. The van der Waals surface area contributed by atoms with Crippen LogP contribution in [0.15, 0.2) is 54.6 Å². The van der Waals surface area contributed by atoms with E-state index in [0.717, 1.165) is 38.9 Å². The first-order valence-corrected chi connectivity index (χ1v) is 11.9. The van der Waals surface area contributed by atoms with Crippen molar-refractivity contribution in [2.24, 2.45) is 5.92 Å². The number of nitrogens with zero attached hydrogens (tertiary/aromatic N) is 1. The zero-order valence-electron chi connectivity index (χ0n) is 19.8. The minimum Gasteiger partial charge on any atom is -0.466 e. The Morgan fingerprint density at radius 2 is 1.72 bits per heavy atom. The molecule has 1 atom stereocenters. The number of benzene rings is 2. The molecule has 32 heavy (non-hydrogen) atoms. The molecule has 0 unspecified atom stereocenters. The van der Waals surface area contributed by atoms with E-state index in [-0.39, 0.29) is 11.9 Å². The molecule has 0 radical (unpaired) electrons. The van der Waals surface area contributed by atoms with E-state index in [1.807, 2.05) is 6.92 Å². The summed E-state index contributed by atoms with van der Waals surface area (Å²) in [6, 6.07) is 17.0. The number of ether oxygens (including phenoxy) is 2. The number of carbonyl (C=O) groups excluding carboxylic acids is 1. The Morgan fingerprint density at radius 3 is 2.34 bits per heavy atom. The maximum Gasteiger partial charge on any atom is 0.310 e. The predicted molar refractivity (Wildman–Crippen MR) is 131 cm³/mol. The largest absolute Gasteiger partial charge is 0.466 e. The number of rotatable bonds is 10. The van der Waals surface area contributed by atoms with Crippen LogP contribution in [0.1, 0.15) is 48.4 Å². The molecule has 1 heterocycles. The van der Waals surface area contributed by atoms with Gasteiger partial charge in [-0.1, -0.05) is 54.6 Å². The Kier molecular flexibility index (Phi) is 9.51. The van der Waals surface area contributed by atoms with E-state index in [9.17, 15) is 4.79 Å². The highest BCUT2D eigenvalue weighted by Gasteiger charge is 2.26.